The van der Waals surface area contributed by atoms with E-state index < -0.39 is 0 Å². The van der Waals surface area contributed by atoms with Gasteiger partial charge in [0.25, 0.3) is 5.91 Å². The van der Waals surface area contributed by atoms with Gasteiger partial charge in [-0.1, -0.05) is 0 Å². The van der Waals surface area contributed by atoms with Gasteiger partial charge in [0.15, 0.2) is 0 Å². The maximum Gasteiger partial charge on any atom is 0.272 e. The number of amides is 1. The molecule has 1 aliphatic rings. The van der Waals surface area contributed by atoms with Crippen molar-refractivity contribution >= 4 is 5.91 Å². The number of hydrogen-bond donors (Lipinski definition) is 1. The van der Waals surface area contributed by atoms with E-state index in [9.17, 15) is 9.90 Å². The second kappa shape index (κ2) is 6.80. The van der Waals surface area contributed by atoms with E-state index in [0.717, 1.165) is 13.1 Å². The summed E-state index contributed by atoms with van der Waals surface area (Å²) in [5, 5.41) is 20.3. The maximum atomic E-state index is 12.5. The molecule has 2 aromatic heterocycles. The van der Waals surface area contributed by atoms with Crippen molar-refractivity contribution in [3.63, 3.8) is 0 Å². The number of piperazine rings is 1. The summed E-state index contributed by atoms with van der Waals surface area (Å²) in [5.74, 6) is -0.0787. The Kier molecular flexibility index (Phi) is 4.58. The molecule has 3 heterocycles. The standard InChI is InChI=1S/C14H19N7O2/c1-11(22)9-19-4-6-20(7-5-19)14(23)13-3-2-12(8-15-13)21-10-16-17-18-21/h2-3,8,10-11,22H,4-7,9H2,1H3/t11-/m0/s1. The number of rotatable bonds is 4. The van der Waals surface area contributed by atoms with Gasteiger partial charge in [0.2, 0.25) is 0 Å². The van der Waals surface area contributed by atoms with Crippen molar-refractivity contribution in [3.05, 3.63) is 30.4 Å². The van der Waals surface area contributed by atoms with Gasteiger partial charge in [0.05, 0.1) is 18.0 Å². The number of β-amino-alcohol motifs (C(OH)–C–C–N with tert-alkyl or cyclic N) is 1. The van der Waals surface area contributed by atoms with Crippen molar-refractivity contribution in [1.82, 2.24) is 35.0 Å². The van der Waals surface area contributed by atoms with Crippen molar-refractivity contribution < 1.29 is 9.90 Å². The van der Waals surface area contributed by atoms with Gasteiger partial charge in [-0.25, -0.2) is 4.98 Å². The fourth-order valence-corrected chi connectivity index (χ4v) is 2.60. The Hall–Kier alpha value is -2.39. The molecule has 0 aromatic carbocycles. The normalized spacial score (nSPS) is 17.2. The molecule has 1 fully saturated rings. The van der Waals surface area contributed by atoms with E-state index in [0.29, 0.717) is 31.0 Å². The van der Waals surface area contributed by atoms with Crippen LogP contribution in [0.1, 0.15) is 17.4 Å². The first-order valence-electron chi connectivity index (χ1n) is 7.52. The summed E-state index contributed by atoms with van der Waals surface area (Å²) in [4.78, 5) is 20.6. The highest BCUT2D eigenvalue weighted by molar-refractivity contribution is 5.92. The van der Waals surface area contributed by atoms with Crippen molar-refractivity contribution in [2.75, 3.05) is 32.7 Å². The number of nitrogens with zero attached hydrogens (tertiary/aromatic N) is 7. The van der Waals surface area contributed by atoms with Crippen LogP contribution in [0.3, 0.4) is 0 Å². The number of aliphatic hydroxyl groups excluding tert-OH is 1. The number of carbonyl (C=O) groups is 1. The first kappa shape index (κ1) is 15.5. The Labute approximate surface area is 133 Å². The van der Waals surface area contributed by atoms with Gasteiger partial charge in [0.1, 0.15) is 12.0 Å². The fourth-order valence-electron chi connectivity index (χ4n) is 2.60. The Morgan fingerprint density at radius 3 is 2.65 bits per heavy atom. The zero-order valence-corrected chi connectivity index (χ0v) is 12.9. The van der Waals surface area contributed by atoms with Crippen LogP contribution in [0.5, 0.6) is 0 Å². The van der Waals surface area contributed by atoms with Crippen LogP contribution in [-0.2, 0) is 0 Å². The molecule has 1 saturated heterocycles. The zero-order chi connectivity index (χ0) is 16.2. The molecule has 0 aliphatic carbocycles. The molecule has 0 saturated carbocycles. The molecule has 1 aliphatic heterocycles. The van der Waals surface area contributed by atoms with Crippen LogP contribution < -0.4 is 0 Å². The lowest BCUT2D eigenvalue weighted by Crippen LogP contribution is -2.50. The summed E-state index contributed by atoms with van der Waals surface area (Å²) < 4.78 is 1.48. The highest BCUT2D eigenvalue weighted by atomic mass is 16.3. The highest BCUT2D eigenvalue weighted by Gasteiger charge is 2.23. The van der Waals surface area contributed by atoms with Gasteiger partial charge in [-0.3, -0.25) is 9.69 Å². The van der Waals surface area contributed by atoms with Crippen LogP contribution in [-0.4, -0.2) is 84.8 Å². The Balaban J connectivity index is 1.60. The second-order valence-electron chi connectivity index (χ2n) is 5.60. The van der Waals surface area contributed by atoms with Crippen LogP contribution in [0.2, 0.25) is 0 Å². The molecule has 9 heteroatoms. The Bertz CT molecular complexity index is 634. The van der Waals surface area contributed by atoms with E-state index in [2.05, 4.69) is 25.4 Å². The number of aliphatic hydroxyl groups is 1. The summed E-state index contributed by atoms with van der Waals surface area (Å²) >= 11 is 0. The predicted molar refractivity (Wildman–Crippen MR) is 81.0 cm³/mol. The average molecular weight is 317 g/mol. The van der Waals surface area contributed by atoms with Gasteiger partial charge < -0.3 is 10.0 Å². The zero-order valence-electron chi connectivity index (χ0n) is 12.9. The second-order valence-corrected chi connectivity index (χ2v) is 5.60. The molecule has 3 rings (SSSR count). The Morgan fingerprint density at radius 1 is 1.30 bits per heavy atom. The molecule has 1 N–H and O–H groups in total. The summed E-state index contributed by atoms with van der Waals surface area (Å²) in [5.41, 5.74) is 1.11. The van der Waals surface area contributed by atoms with Crippen molar-refractivity contribution in [1.29, 1.82) is 0 Å². The minimum absolute atomic E-state index is 0.0787. The molecule has 1 amide bonds. The monoisotopic (exact) mass is 317 g/mol. The third-order valence-electron chi connectivity index (χ3n) is 3.76. The van der Waals surface area contributed by atoms with Crippen LogP contribution in [0, 0.1) is 0 Å². The summed E-state index contributed by atoms with van der Waals surface area (Å²) in [6.07, 6.45) is 2.70. The highest BCUT2D eigenvalue weighted by Crippen LogP contribution is 2.10. The first-order valence-corrected chi connectivity index (χ1v) is 7.52. The number of aromatic nitrogens is 5. The van der Waals surface area contributed by atoms with Crippen LogP contribution in [0.4, 0.5) is 0 Å². The largest absolute Gasteiger partial charge is 0.392 e. The molecule has 1 atom stereocenters. The lowest BCUT2D eigenvalue weighted by Gasteiger charge is -2.35. The summed E-state index contributed by atoms with van der Waals surface area (Å²) in [6, 6.07) is 3.45. The van der Waals surface area contributed by atoms with Crippen molar-refractivity contribution in [2.45, 2.75) is 13.0 Å². The van der Waals surface area contributed by atoms with Gasteiger partial charge in [-0.15, -0.1) is 5.10 Å². The molecule has 0 spiro atoms. The SMILES string of the molecule is C[C@H](O)CN1CCN(C(=O)c2ccc(-n3cnnn3)cn2)CC1. The van der Waals surface area contributed by atoms with Crippen molar-refractivity contribution in [3.8, 4) is 5.69 Å². The van der Waals surface area contributed by atoms with Gasteiger partial charge >= 0.3 is 0 Å². The summed E-state index contributed by atoms with van der Waals surface area (Å²) in [7, 11) is 0. The topological polar surface area (TPSA) is 100 Å². The predicted octanol–water partition coefficient (Wildman–Crippen LogP) is -0.804. The van der Waals surface area contributed by atoms with Crippen LogP contribution in [0.15, 0.2) is 24.7 Å². The van der Waals surface area contributed by atoms with E-state index >= 15 is 0 Å². The van der Waals surface area contributed by atoms with E-state index in [-0.39, 0.29) is 12.0 Å². The smallest absolute Gasteiger partial charge is 0.272 e. The van der Waals surface area contributed by atoms with E-state index in [1.807, 2.05) is 0 Å². The van der Waals surface area contributed by atoms with Gasteiger partial charge in [-0.2, -0.15) is 4.68 Å². The molecule has 122 valence electrons. The minimum atomic E-state index is -0.349. The lowest BCUT2D eigenvalue weighted by atomic mass is 10.2. The minimum Gasteiger partial charge on any atom is -0.392 e. The molecule has 23 heavy (non-hydrogen) atoms. The molecule has 0 unspecified atom stereocenters. The molecule has 0 radical (unpaired) electrons. The number of hydrogen-bond acceptors (Lipinski definition) is 7. The molecule has 2 aromatic rings. The summed E-state index contributed by atoms with van der Waals surface area (Å²) in [6.45, 7) is 5.22. The van der Waals surface area contributed by atoms with E-state index in [4.69, 9.17) is 0 Å². The van der Waals surface area contributed by atoms with Crippen molar-refractivity contribution in [2.24, 2.45) is 0 Å². The van der Waals surface area contributed by atoms with Crippen LogP contribution in [0.25, 0.3) is 5.69 Å². The maximum absolute atomic E-state index is 12.5. The third-order valence-corrected chi connectivity index (χ3v) is 3.76. The first-order chi connectivity index (χ1) is 11.1. The van der Waals surface area contributed by atoms with E-state index in [1.165, 1.54) is 11.0 Å². The van der Waals surface area contributed by atoms with Crippen LogP contribution >= 0.6 is 0 Å². The van der Waals surface area contributed by atoms with Gasteiger partial charge in [0, 0.05) is 32.7 Å². The number of tetrazole rings is 1. The molecule has 0 bridgehead atoms. The average Bonchev–Trinajstić information content (AvgIpc) is 3.09. The molecular weight excluding hydrogens is 298 g/mol. The Morgan fingerprint density at radius 2 is 2.09 bits per heavy atom. The molecular formula is C14H19N7O2. The fraction of sp³-hybridized carbons (Fsp3) is 0.500. The number of pyridine rings is 1. The number of carbonyl (C=O) groups excluding carboxylic acids is 1. The molecule has 9 nitrogen and oxygen atoms in total. The van der Waals surface area contributed by atoms with Gasteiger partial charge in [-0.05, 0) is 29.5 Å². The lowest BCUT2D eigenvalue weighted by molar-refractivity contribution is 0.0549. The quantitative estimate of drug-likeness (QED) is 0.787. The van der Waals surface area contributed by atoms with E-state index in [1.54, 1.807) is 30.2 Å². The third kappa shape index (κ3) is 3.69.